The summed E-state index contributed by atoms with van der Waals surface area (Å²) in [6, 6.07) is 1.03. The second-order valence-corrected chi connectivity index (χ2v) is 5.90. The van der Waals surface area contributed by atoms with Gasteiger partial charge in [0.1, 0.15) is 0 Å². The summed E-state index contributed by atoms with van der Waals surface area (Å²) >= 11 is 0. The molecule has 1 saturated carbocycles. The summed E-state index contributed by atoms with van der Waals surface area (Å²) in [6.07, 6.45) is 9.39. The van der Waals surface area contributed by atoms with Crippen LogP contribution in [-0.4, -0.2) is 55.1 Å². The van der Waals surface area contributed by atoms with Crippen molar-refractivity contribution in [1.82, 2.24) is 9.80 Å². The van der Waals surface area contributed by atoms with Crippen LogP contribution in [0.25, 0.3) is 0 Å². The Hall–Kier alpha value is -0.120. The fourth-order valence-electron chi connectivity index (χ4n) is 3.34. The lowest BCUT2D eigenvalue weighted by atomic mass is 10.0. The van der Waals surface area contributed by atoms with Gasteiger partial charge in [0.15, 0.2) is 0 Å². The van der Waals surface area contributed by atoms with Crippen LogP contribution in [0.2, 0.25) is 0 Å². The molecule has 2 unspecified atom stereocenters. The van der Waals surface area contributed by atoms with E-state index in [1.807, 2.05) is 0 Å². The van der Waals surface area contributed by atoms with E-state index in [1.54, 1.807) is 0 Å². The van der Waals surface area contributed by atoms with Gasteiger partial charge in [0.2, 0.25) is 0 Å². The molecule has 0 bridgehead atoms. The van der Waals surface area contributed by atoms with Gasteiger partial charge < -0.3 is 15.5 Å². The van der Waals surface area contributed by atoms with Gasteiger partial charge in [-0.2, -0.15) is 0 Å². The monoisotopic (exact) mass is 239 g/mol. The summed E-state index contributed by atoms with van der Waals surface area (Å²) < 4.78 is 0. The Bertz CT molecular complexity index is 214. The van der Waals surface area contributed by atoms with Crippen LogP contribution < -0.4 is 5.73 Å². The molecule has 1 aliphatic heterocycles. The lowest BCUT2D eigenvalue weighted by Gasteiger charge is -2.32. The molecule has 2 N–H and O–H groups in total. The van der Waals surface area contributed by atoms with Gasteiger partial charge in [0.25, 0.3) is 0 Å². The molecule has 0 aromatic heterocycles. The van der Waals surface area contributed by atoms with Gasteiger partial charge in [0, 0.05) is 25.2 Å². The molecule has 3 nitrogen and oxygen atoms in total. The first-order valence-corrected chi connectivity index (χ1v) is 7.45. The minimum absolute atomic E-state index is 0.404. The first-order chi connectivity index (χ1) is 8.27. The van der Waals surface area contributed by atoms with Crippen LogP contribution in [0.3, 0.4) is 0 Å². The van der Waals surface area contributed by atoms with E-state index in [2.05, 4.69) is 16.8 Å². The summed E-state index contributed by atoms with van der Waals surface area (Å²) in [5.41, 5.74) is 6.31. The van der Waals surface area contributed by atoms with Gasteiger partial charge in [-0.05, 0) is 45.8 Å². The summed E-state index contributed by atoms with van der Waals surface area (Å²) in [5, 5.41) is 0. The third-order valence-electron chi connectivity index (χ3n) is 4.57. The van der Waals surface area contributed by atoms with Crippen molar-refractivity contribution in [3.05, 3.63) is 0 Å². The Labute approximate surface area is 106 Å². The van der Waals surface area contributed by atoms with E-state index in [0.717, 1.165) is 0 Å². The molecule has 100 valence electrons. The summed E-state index contributed by atoms with van der Waals surface area (Å²) in [7, 11) is 2.27. The fourth-order valence-corrected chi connectivity index (χ4v) is 3.34. The minimum Gasteiger partial charge on any atom is -0.326 e. The Morgan fingerprint density at radius 1 is 1.06 bits per heavy atom. The molecule has 0 radical (unpaired) electrons. The van der Waals surface area contributed by atoms with Crippen molar-refractivity contribution in [1.29, 1.82) is 0 Å². The molecular weight excluding hydrogens is 210 g/mol. The van der Waals surface area contributed by atoms with Crippen LogP contribution in [0, 0.1) is 0 Å². The van der Waals surface area contributed by atoms with Crippen LogP contribution in [0.4, 0.5) is 0 Å². The smallest absolute Gasteiger partial charge is 0.0244 e. The number of hydrogen-bond donors (Lipinski definition) is 1. The number of likely N-dealkylation sites (tertiary alicyclic amines) is 1. The molecule has 0 amide bonds. The number of likely N-dealkylation sites (N-methyl/N-ethyl adjacent to an activating group) is 1. The molecule has 0 spiro atoms. The highest BCUT2D eigenvalue weighted by Crippen LogP contribution is 2.20. The van der Waals surface area contributed by atoms with E-state index in [4.69, 9.17) is 5.73 Å². The lowest BCUT2D eigenvalue weighted by molar-refractivity contribution is 0.176. The van der Waals surface area contributed by atoms with E-state index >= 15 is 0 Å². The van der Waals surface area contributed by atoms with Gasteiger partial charge >= 0.3 is 0 Å². The molecule has 2 fully saturated rings. The molecule has 2 rings (SSSR count). The third kappa shape index (κ3) is 3.94. The highest BCUT2D eigenvalue weighted by Gasteiger charge is 2.24. The van der Waals surface area contributed by atoms with Crippen molar-refractivity contribution in [3.63, 3.8) is 0 Å². The zero-order valence-electron chi connectivity index (χ0n) is 11.4. The van der Waals surface area contributed by atoms with Gasteiger partial charge in [-0.1, -0.05) is 19.3 Å². The van der Waals surface area contributed by atoms with E-state index in [0.29, 0.717) is 12.1 Å². The van der Waals surface area contributed by atoms with Crippen LogP contribution >= 0.6 is 0 Å². The molecular formula is C14H29N3. The Kier molecular flexibility index (Phi) is 5.26. The van der Waals surface area contributed by atoms with Crippen LogP contribution in [0.5, 0.6) is 0 Å². The van der Waals surface area contributed by atoms with Crippen LogP contribution in [-0.2, 0) is 0 Å². The molecule has 17 heavy (non-hydrogen) atoms. The molecule has 2 aliphatic rings. The van der Waals surface area contributed by atoms with Crippen molar-refractivity contribution in [2.45, 2.75) is 57.0 Å². The van der Waals surface area contributed by atoms with Crippen molar-refractivity contribution in [3.8, 4) is 0 Å². The summed E-state index contributed by atoms with van der Waals surface area (Å²) in [4.78, 5) is 5.12. The maximum Gasteiger partial charge on any atom is 0.0244 e. The molecule has 3 heteroatoms. The summed E-state index contributed by atoms with van der Waals surface area (Å²) in [6.45, 7) is 5.05. The highest BCUT2D eigenvalue weighted by atomic mass is 15.2. The molecule has 2 atom stereocenters. The summed E-state index contributed by atoms with van der Waals surface area (Å²) in [5.74, 6) is 0. The molecule has 1 aliphatic carbocycles. The fraction of sp³-hybridized carbons (Fsp3) is 1.00. The number of hydrogen-bond acceptors (Lipinski definition) is 3. The quantitative estimate of drug-likeness (QED) is 0.758. The van der Waals surface area contributed by atoms with Crippen molar-refractivity contribution >= 4 is 0 Å². The third-order valence-corrected chi connectivity index (χ3v) is 4.57. The first kappa shape index (κ1) is 13.3. The van der Waals surface area contributed by atoms with E-state index in [1.165, 1.54) is 71.1 Å². The van der Waals surface area contributed by atoms with Crippen LogP contribution in [0.15, 0.2) is 0 Å². The van der Waals surface area contributed by atoms with Crippen molar-refractivity contribution in [2.75, 3.05) is 33.2 Å². The Balaban J connectivity index is 1.74. The molecule has 1 saturated heterocycles. The predicted molar refractivity (Wildman–Crippen MR) is 73.2 cm³/mol. The van der Waals surface area contributed by atoms with Gasteiger partial charge in [-0.15, -0.1) is 0 Å². The standard InChI is InChI=1S/C14H29N3/c1-16(11-12-17-9-5-6-10-17)14-8-4-2-3-7-13(14)15/h13-14H,2-12,15H2,1H3. The first-order valence-electron chi connectivity index (χ1n) is 7.45. The maximum absolute atomic E-state index is 6.31. The molecule has 1 heterocycles. The average Bonchev–Trinajstić information content (AvgIpc) is 2.75. The molecule has 0 aromatic carbocycles. The number of nitrogens with zero attached hydrogens (tertiary/aromatic N) is 2. The highest BCUT2D eigenvalue weighted by molar-refractivity contribution is 4.83. The van der Waals surface area contributed by atoms with Crippen LogP contribution in [0.1, 0.15) is 44.9 Å². The van der Waals surface area contributed by atoms with Gasteiger partial charge in [-0.25, -0.2) is 0 Å². The Morgan fingerprint density at radius 2 is 1.76 bits per heavy atom. The van der Waals surface area contributed by atoms with E-state index < -0.39 is 0 Å². The van der Waals surface area contributed by atoms with Gasteiger partial charge in [0.05, 0.1) is 0 Å². The van der Waals surface area contributed by atoms with Crippen molar-refractivity contribution in [2.24, 2.45) is 5.73 Å². The van der Waals surface area contributed by atoms with Crippen molar-refractivity contribution < 1.29 is 0 Å². The molecule has 0 aromatic rings. The zero-order valence-corrected chi connectivity index (χ0v) is 11.4. The number of nitrogens with two attached hydrogens (primary N) is 1. The second kappa shape index (κ2) is 6.72. The number of rotatable bonds is 4. The average molecular weight is 239 g/mol. The second-order valence-electron chi connectivity index (χ2n) is 5.90. The predicted octanol–water partition coefficient (Wildman–Crippen LogP) is 1.67. The van der Waals surface area contributed by atoms with E-state index in [9.17, 15) is 0 Å². The van der Waals surface area contributed by atoms with E-state index in [-0.39, 0.29) is 0 Å². The largest absolute Gasteiger partial charge is 0.326 e. The SMILES string of the molecule is CN(CCN1CCCC1)C1CCCCCC1N. The maximum atomic E-state index is 6.31. The lowest BCUT2D eigenvalue weighted by Crippen LogP contribution is -2.47. The van der Waals surface area contributed by atoms with Gasteiger partial charge in [-0.3, -0.25) is 0 Å². The minimum atomic E-state index is 0.404. The normalized spacial score (nSPS) is 31.9. The Morgan fingerprint density at radius 3 is 2.53 bits per heavy atom. The topological polar surface area (TPSA) is 32.5 Å². The zero-order chi connectivity index (χ0) is 12.1.